The molecule has 176 valence electrons. The molecule has 2 amide bonds. The number of carbonyl (C=O) groups is 2. The van der Waals surface area contributed by atoms with Crippen molar-refractivity contribution < 1.29 is 9.59 Å². The highest BCUT2D eigenvalue weighted by Crippen LogP contribution is 2.27. The first kappa shape index (κ1) is 21.8. The number of thiazole rings is 1. The Labute approximate surface area is 206 Å². The van der Waals surface area contributed by atoms with E-state index in [9.17, 15) is 9.59 Å². The maximum atomic E-state index is 13.1. The Balaban J connectivity index is 1.07. The number of hydrogen-bond acceptors (Lipinski definition) is 7. The molecular weight excluding hydrogens is 460 g/mol. The quantitative estimate of drug-likeness (QED) is 0.468. The minimum Gasteiger partial charge on any atom is -0.335 e. The van der Waals surface area contributed by atoms with E-state index in [1.807, 2.05) is 63.7 Å². The normalized spacial score (nSPS) is 18.1. The molecule has 1 atom stereocenters. The molecule has 2 aromatic carbocycles. The van der Waals surface area contributed by atoms with Gasteiger partial charge in [0.25, 0.3) is 11.8 Å². The molecule has 2 aliphatic rings. The number of fused-ring (bicyclic) bond motifs is 1. The largest absolute Gasteiger partial charge is 0.335 e. The molecule has 0 spiro atoms. The molecule has 2 fully saturated rings. The highest BCUT2D eigenvalue weighted by atomic mass is 32.1. The van der Waals surface area contributed by atoms with Crippen LogP contribution in [0.4, 0.5) is 0 Å². The molecule has 0 aliphatic carbocycles. The monoisotopic (exact) mass is 484 g/mol. The molecule has 2 aliphatic heterocycles. The number of hydrogen-bond donors (Lipinski definition) is 1. The van der Waals surface area contributed by atoms with Crippen LogP contribution in [-0.4, -0.2) is 74.8 Å². The van der Waals surface area contributed by atoms with Gasteiger partial charge in [0.05, 0.1) is 11.2 Å². The summed E-state index contributed by atoms with van der Waals surface area (Å²) >= 11 is 1.38. The van der Waals surface area contributed by atoms with Gasteiger partial charge in [0, 0.05) is 66.4 Å². The lowest BCUT2D eigenvalue weighted by Crippen LogP contribution is -2.62. The second kappa shape index (κ2) is 9.16. The fourth-order valence-electron chi connectivity index (χ4n) is 4.83. The van der Waals surface area contributed by atoms with Crippen molar-refractivity contribution in [2.45, 2.75) is 18.5 Å². The summed E-state index contributed by atoms with van der Waals surface area (Å²) in [6.07, 6.45) is 4.12. The zero-order valence-corrected chi connectivity index (χ0v) is 19.8. The van der Waals surface area contributed by atoms with Crippen molar-refractivity contribution in [3.8, 4) is 11.3 Å². The van der Waals surface area contributed by atoms with Crippen LogP contribution >= 0.6 is 11.3 Å². The number of likely N-dealkylation sites (tertiary alicyclic amines) is 2. The van der Waals surface area contributed by atoms with Gasteiger partial charge in [-0.3, -0.25) is 9.59 Å². The first-order valence-electron chi connectivity index (χ1n) is 11.7. The lowest BCUT2D eigenvalue weighted by atomic mass is 10.0. The first-order valence-corrected chi connectivity index (χ1v) is 12.6. The van der Waals surface area contributed by atoms with Gasteiger partial charge in [-0.1, -0.05) is 30.3 Å². The Morgan fingerprint density at radius 2 is 1.74 bits per heavy atom. The van der Waals surface area contributed by atoms with Crippen molar-refractivity contribution in [2.24, 2.45) is 0 Å². The number of carbonyl (C=O) groups excluding carboxylic acids is 2. The zero-order chi connectivity index (χ0) is 23.8. The Kier molecular flexibility index (Phi) is 5.71. The molecule has 8 nitrogen and oxygen atoms in total. The molecule has 1 N–H and O–H groups in total. The van der Waals surface area contributed by atoms with Gasteiger partial charge in [0.1, 0.15) is 6.33 Å². The predicted molar refractivity (Wildman–Crippen MR) is 134 cm³/mol. The molecule has 35 heavy (non-hydrogen) atoms. The van der Waals surface area contributed by atoms with Gasteiger partial charge in [0.2, 0.25) is 0 Å². The molecular formula is C26H24N6O2S. The Morgan fingerprint density at radius 1 is 0.914 bits per heavy atom. The van der Waals surface area contributed by atoms with Crippen LogP contribution in [0.25, 0.3) is 22.2 Å². The van der Waals surface area contributed by atoms with Crippen molar-refractivity contribution in [1.29, 1.82) is 0 Å². The minimum absolute atomic E-state index is 0.00486. The van der Waals surface area contributed by atoms with Gasteiger partial charge in [-0.05, 0) is 24.6 Å². The number of benzene rings is 2. The molecule has 2 saturated heterocycles. The van der Waals surface area contributed by atoms with Gasteiger partial charge in [-0.25, -0.2) is 15.0 Å². The van der Waals surface area contributed by atoms with E-state index in [2.05, 4.69) is 20.3 Å². The van der Waals surface area contributed by atoms with Crippen LogP contribution in [0.15, 0.2) is 66.4 Å². The van der Waals surface area contributed by atoms with E-state index in [1.165, 1.54) is 11.3 Å². The number of nitrogens with zero attached hydrogens (tertiary/aromatic N) is 5. The van der Waals surface area contributed by atoms with Crippen molar-refractivity contribution in [1.82, 2.24) is 30.1 Å². The molecule has 0 unspecified atom stereocenters. The Hall–Kier alpha value is -3.69. The van der Waals surface area contributed by atoms with E-state index in [1.54, 1.807) is 12.5 Å². The van der Waals surface area contributed by atoms with Crippen LogP contribution in [0, 0.1) is 0 Å². The Morgan fingerprint density at radius 3 is 2.54 bits per heavy atom. The molecule has 0 radical (unpaired) electrons. The summed E-state index contributed by atoms with van der Waals surface area (Å²) in [6.45, 7) is 2.73. The first-order chi connectivity index (χ1) is 17.2. The minimum atomic E-state index is 0.00486. The van der Waals surface area contributed by atoms with E-state index in [0.29, 0.717) is 30.2 Å². The fraction of sp³-hybridized carbons (Fsp3) is 0.269. The summed E-state index contributed by atoms with van der Waals surface area (Å²) in [5, 5.41) is 6.91. The van der Waals surface area contributed by atoms with Crippen LogP contribution in [0.3, 0.4) is 0 Å². The molecule has 9 heteroatoms. The highest BCUT2D eigenvalue weighted by molar-refractivity contribution is 7.11. The van der Waals surface area contributed by atoms with Crippen LogP contribution in [-0.2, 0) is 0 Å². The van der Waals surface area contributed by atoms with E-state index in [4.69, 9.17) is 0 Å². The van der Waals surface area contributed by atoms with E-state index >= 15 is 0 Å². The van der Waals surface area contributed by atoms with Crippen molar-refractivity contribution in [3.63, 3.8) is 0 Å². The van der Waals surface area contributed by atoms with Crippen molar-refractivity contribution in [3.05, 3.63) is 77.0 Å². The maximum Gasteiger partial charge on any atom is 0.282 e. The summed E-state index contributed by atoms with van der Waals surface area (Å²) in [7, 11) is 0. The zero-order valence-electron chi connectivity index (χ0n) is 19.0. The summed E-state index contributed by atoms with van der Waals surface area (Å²) < 4.78 is 0. The van der Waals surface area contributed by atoms with Crippen LogP contribution in [0.5, 0.6) is 0 Å². The third kappa shape index (κ3) is 4.28. The van der Waals surface area contributed by atoms with Crippen LogP contribution in [0.1, 0.15) is 26.6 Å². The summed E-state index contributed by atoms with van der Waals surface area (Å²) in [6, 6.07) is 16.1. The highest BCUT2D eigenvalue weighted by Gasteiger charge is 2.35. The third-order valence-electron chi connectivity index (χ3n) is 6.66. The second-order valence-corrected chi connectivity index (χ2v) is 9.86. The van der Waals surface area contributed by atoms with Gasteiger partial charge in [-0.2, -0.15) is 0 Å². The lowest BCUT2D eigenvalue weighted by Gasteiger charge is -2.41. The van der Waals surface area contributed by atoms with Crippen molar-refractivity contribution in [2.75, 3.05) is 26.2 Å². The standard InChI is InChI=1S/C26H24N6O2S/c33-25(18-6-7-21-22(12-18)28-16-29-23(21)17-4-2-1-3-5-17)32-14-20(15-32)30-19-8-10-31(13-19)26(34)24-27-9-11-35-24/h1-7,9,11-12,16,19-20,30H,8,10,13-15H2/t19-/m0/s1. The average Bonchev–Trinajstić information content (AvgIpc) is 3.58. The average molecular weight is 485 g/mol. The van der Waals surface area contributed by atoms with E-state index in [-0.39, 0.29) is 23.9 Å². The molecule has 0 bridgehead atoms. The smallest absolute Gasteiger partial charge is 0.282 e. The molecule has 6 rings (SSSR count). The molecule has 4 aromatic rings. The fourth-order valence-corrected chi connectivity index (χ4v) is 5.43. The Bertz CT molecular complexity index is 1370. The van der Waals surface area contributed by atoms with Crippen molar-refractivity contribution >= 4 is 34.1 Å². The van der Waals surface area contributed by atoms with Crippen LogP contribution < -0.4 is 5.32 Å². The van der Waals surface area contributed by atoms with Gasteiger partial charge >= 0.3 is 0 Å². The van der Waals surface area contributed by atoms with Gasteiger partial charge in [-0.15, -0.1) is 11.3 Å². The van der Waals surface area contributed by atoms with Gasteiger partial charge in [0.15, 0.2) is 5.01 Å². The SMILES string of the molecule is O=C(c1ccc2c(-c3ccccc3)ncnc2c1)N1CC(N[C@H]2CCN(C(=O)c3nccs3)C2)C1. The van der Waals surface area contributed by atoms with E-state index in [0.717, 1.165) is 35.1 Å². The number of nitrogens with one attached hydrogen (secondary N) is 1. The summed E-state index contributed by atoms with van der Waals surface area (Å²) in [5.41, 5.74) is 3.28. The predicted octanol–water partition coefficient (Wildman–Crippen LogP) is 3.08. The molecule has 4 heterocycles. The summed E-state index contributed by atoms with van der Waals surface area (Å²) in [4.78, 5) is 42.3. The number of aromatic nitrogens is 3. The lowest BCUT2D eigenvalue weighted by molar-refractivity contribution is 0.0553. The maximum absolute atomic E-state index is 13.1. The van der Waals surface area contributed by atoms with Crippen LogP contribution in [0.2, 0.25) is 0 Å². The van der Waals surface area contributed by atoms with Gasteiger partial charge < -0.3 is 15.1 Å². The van der Waals surface area contributed by atoms with E-state index < -0.39 is 0 Å². The molecule has 0 saturated carbocycles. The second-order valence-electron chi connectivity index (χ2n) is 8.97. The number of amides is 2. The summed E-state index contributed by atoms with van der Waals surface area (Å²) in [5.74, 6) is 0.0158. The topological polar surface area (TPSA) is 91.3 Å². The third-order valence-corrected chi connectivity index (χ3v) is 7.42. The molecule has 2 aromatic heterocycles. The number of rotatable bonds is 5.